The highest BCUT2D eigenvalue weighted by Gasteiger charge is 2.15. The topological polar surface area (TPSA) is 47.3 Å². The average molecular weight is 276 g/mol. The number of hydrogen-bond donors (Lipinski definition) is 1. The molecule has 0 aliphatic carbocycles. The summed E-state index contributed by atoms with van der Waals surface area (Å²) in [5, 5.41) is 7.23. The van der Waals surface area contributed by atoms with Gasteiger partial charge in [-0.25, -0.2) is 4.39 Å². The molecule has 1 fully saturated rings. The molecule has 1 saturated heterocycles. The normalized spacial score (nSPS) is 18.6. The smallest absolute Gasteiger partial charge is 0.141 e. The zero-order valence-electron chi connectivity index (χ0n) is 11.1. The Morgan fingerprint density at radius 1 is 1.40 bits per heavy atom. The van der Waals surface area contributed by atoms with Crippen LogP contribution in [0.25, 0.3) is 0 Å². The van der Waals surface area contributed by atoms with Crippen LogP contribution in [0.3, 0.4) is 0 Å². The van der Waals surface area contributed by atoms with Gasteiger partial charge < -0.3 is 9.26 Å². The van der Waals surface area contributed by atoms with Gasteiger partial charge >= 0.3 is 0 Å². The van der Waals surface area contributed by atoms with Gasteiger partial charge in [-0.15, -0.1) is 0 Å². The monoisotopic (exact) mass is 276 g/mol. The van der Waals surface area contributed by atoms with Crippen molar-refractivity contribution >= 4 is 0 Å². The molecule has 4 nitrogen and oxygen atoms in total. The number of hydrogen-bond acceptors (Lipinski definition) is 4. The van der Waals surface area contributed by atoms with E-state index < -0.39 is 0 Å². The lowest BCUT2D eigenvalue weighted by molar-refractivity contribution is 0.0281. The number of ether oxygens (including phenoxy) is 1. The molecule has 1 aromatic carbocycles. The molecule has 3 rings (SSSR count). The predicted octanol–water partition coefficient (Wildman–Crippen LogP) is 2.63. The van der Waals surface area contributed by atoms with Gasteiger partial charge in [-0.1, -0.05) is 17.3 Å². The van der Waals surface area contributed by atoms with Gasteiger partial charge in [-0.2, -0.15) is 0 Å². The zero-order chi connectivity index (χ0) is 13.8. The van der Waals surface area contributed by atoms with Crippen LogP contribution in [0.2, 0.25) is 0 Å². The van der Waals surface area contributed by atoms with Crippen molar-refractivity contribution in [1.29, 1.82) is 0 Å². The second-order valence-corrected chi connectivity index (χ2v) is 4.99. The van der Waals surface area contributed by atoms with Crippen LogP contribution >= 0.6 is 0 Å². The standard InChI is InChI=1S/C15H17FN2O2/c16-12-4-1-3-11(7-12)8-14-9-13(18-20-14)10-19-15-5-2-6-17-15/h1,3-4,7,9,15,17H,2,5-6,8,10H2. The summed E-state index contributed by atoms with van der Waals surface area (Å²) in [4.78, 5) is 0. The Morgan fingerprint density at radius 3 is 3.15 bits per heavy atom. The number of aromatic nitrogens is 1. The van der Waals surface area contributed by atoms with Crippen LogP contribution in [0.15, 0.2) is 34.9 Å². The summed E-state index contributed by atoms with van der Waals surface area (Å²) < 4.78 is 24.0. The fourth-order valence-electron chi connectivity index (χ4n) is 2.34. The molecule has 1 aliphatic heterocycles. The first-order valence-corrected chi connectivity index (χ1v) is 6.83. The van der Waals surface area contributed by atoms with E-state index >= 15 is 0 Å². The van der Waals surface area contributed by atoms with Gasteiger partial charge in [0.1, 0.15) is 23.5 Å². The maximum atomic E-state index is 13.1. The molecular weight excluding hydrogens is 259 g/mol. The second kappa shape index (κ2) is 6.15. The molecule has 0 radical (unpaired) electrons. The third kappa shape index (κ3) is 3.43. The Balaban J connectivity index is 1.56. The van der Waals surface area contributed by atoms with Crippen molar-refractivity contribution in [3.63, 3.8) is 0 Å². The lowest BCUT2D eigenvalue weighted by atomic mass is 10.1. The van der Waals surface area contributed by atoms with Gasteiger partial charge in [0.05, 0.1) is 6.61 Å². The molecule has 5 heteroatoms. The largest absolute Gasteiger partial charge is 0.361 e. The Morgan fingerprint density at radius 2 is 2.35 bits per heavy atom. The fraction of sp³-hybridized carbons (Fsp3) is 0.400. The zero-order valence-corrected chi connectivity index (χ0v) is 11.1. The lowest BCUT2D eigenvalue weighted by Crippen LogP contribution is -2.24. The van der Waals surface area contributed by atoms with Crippen molar-refractivity contribution in [1.82, 2.24) is 10.5 Å². The molecule has 0 amide bonds. The van der Waals surface area contributed by atoms with E-state index in [4.69, 9.17) is 9.26 Å². The molecule has 1 aromatic heterocycles. The molecule has 2 aromatic rings. The Labute approximate surface area is 116 Å². The van der Waals surface area contributed by atoms with Crippen LogP contribution in [0.5, 0.6) is 0 Å². The summed E-state index contributed by atoms with van der Waals surface area (Å²) in [6, 6.07) is 8.35. The van der Waals surface area contributed by atoms with E-state index in [-0.39, 0.29) is 12.0 Å². The Bertz CT molecular complexity index is 565. The van der Waals surface area contributed by atoms with Crippen LogP contribution in [0, 0.1) is 5.82 Å². The molecule has 20 heavy (non-hydrogen) atoms. The molecule has 1 unspecified atom stereocenters. The van der Waals surface area contributed by atoms with E-state index in [1.54, 1.807) is 6.07 Å². The maximum absolute atomic E-state index is 13.1. The first kappa shape index (κ1) is 13.3. The van der Waals surface area contributed by atoms with Crippen molar-refractivity contribution in [2.75, 3.05) is 6.54 Å². The van der Waals surface area contributed by atoms with Crippen LogP contribution in [-0.4, -0.2) is 17.9 Å². The molecular formula is C15H17FN2O2. The number of benzene rings is 1. The van der Waals surface area contributed by atoms with Gasteiger partial charge in [0, 0.05) is 12.5 Å². The van der Waals surface area contributed by atoms with E-state index in [1.165, 1.54) is 12.1 Å². The van der Waals surface area contributed by atoms with Crippen molar-refractivity contribution in [3.05, 3.63) is 53.2 Å². The molecule has 2 heterocycles. The SMILES string of the molecule is Fc1cccc(Cc2cc(COC3CCCN3)no2)c1. The molecule has 106 valence electrons. The minimum atomic E-state index is -0.238. The van der Waals surface area contributed by atoms with Gasteiger partial charge in [-0.3, -0.25) is 5.32 Å². The van der Waals surface area contributed by atoms with Crippen molar-refractivity contribution in [2.24, 2.45) is 0 Å². The quantitative estimate of drug-likeness (QED) is 0.912. The van der Waals surface area contributed by atoms with Crippen LogP contribution in [-0.2, 0) is 17.8 Å². The summed E-state index contributed by atoms with van der Waals surface area (Å²) in [6.07, 6.45) is 2.84. The molecule has 0 spiro atoms. The van der Waals surface area contributed by atoms with E-state index in [1.807, 2.05) is 12.1 Å². The summed E-state index contributed by atoms with van der Waals surface area (Å²) in [5.41, 5.74) is 1.64. The van der Waals surface area contributed by atoms with Gasteiger partial charge in [0.2, 0.25) is 0 Å². The third-order valence-corrected chi connectivity index (χ3v) is 3.32. The third-order valence-electron chi connectivity index (χ3n) is 3.32. The van der Waals surface area contributed by atoms with Crippen LogP contribution in [0.1, 0.15) is 29.9 Å². The predicted molar refractivity (Wildman–Crippen MR) is 71.5 cm³/mol. The van der Waals surface area contributed by atoms with E-state index in [9.17, 15) is 4.39 Å². The highest BCUT2D eigenvalue weighted by Crippen LogP contribution is 2.14. The second-order valence-electron chi connectivity index (χ2n) is 4.99. The van der Waals surface area contributed by atoms with Crippen LogP contribution < -0.4 is 5.32 Å². The minimum Gasteiger partial charge on any atom is -0.361 e. The number of nitrogens with zero attached hydrogens (tertiary/aromatic N) is 1. The highest BCUT2D eigenvalue weighted by atomic mass is 19.1. The lowest BCUT2D eigenvalue weighted by Gasteiger charge is -2.09. The van der Waals surface area contributed by atoms with E-state index in [2.05, 4.69) is 10.5 Å². The van der Waals surface area contributed by atoms with Crippen molar-refractivity contribution in [2.45, 2.75) is 32.1 Å². The maximum Gasteiger partial charge on any atom is 0.141 e. The van der Waals surface area contributed by atoms with Gasteiger partial charge in [0.25, 0.3) is 0 Å². The van der Waals surface area contributed by atoms with Crippen molar-refractivity contribution < 1.29 is 13.7 Å². The van der Waals surface area contributed by atoms with Gasteiger partial charge in [-0.05, 0) is 37.1 Å². The summed E-state index contributed by atoms with van der Waals surface area (Å²) >= 11 is 0. The minimum absolute atomic E-state index is 0.123. The number of halogens is 1. The van der Waals surface area contributed by atoms with Crippen molar-refractivity contribution in [3.8, 4) is 0 Å². The molecule has 1 N–H and O–H groups in total. The molecule has 0 bridgehead atoms. The van der Waals surface area contributed by atoms with Crippen LogP contribution in [0.4, 0.5) is 4.39 Å². The summed E-state index contributed by atoms with van der Waals surface area (Å²) in [6.45, 7) is 1.44. The van der Waals surface area contributed by atoms with Gasteiger partial charge in [0.15, 0.2) is 0 Å². The van der Waals surface area contributed by atoms with E-state index in [0.29, 0.717) is 18.8 Å². The average Bonchev–Trinajstić information content (AvgIpc) is 3.07. The number of nitrogens with one attached hydrogen (secondary N) is 1. The first-order valence-electron chi connectivity index (χ1n) is 6.83. The number of rotatable bonds is 5. The highest BCUT2D eigenvalue weighted by molar-refractivity contribution is 5.21. The Hall–Kier alpha value is -1.72. The van der Waals surface area contributed by atoms with E-state index in [0.717, 1.165) is 30.6 Å². The Kier molecular flexibility index (Phi) is 4.08. The molecule has 1 aliphatic rings. The fourth-order valence-corrected chi connectivity index (χ4v) is 2.34. The molecule has 0 saturated carbocycles. The molecule has 1 atom stereocenters. The first-order chi connectivity index (χ1) is 9.79. The summed E-state index contributed by atoms with van der Waals surface area (Å²) in [5.74, 6) is 0.478. The summed E-state index contributed by atoms with van der Waals surface area (Å²) in [7, 11) is 0.